The van der Waals surface area contributed by atoms with E-state index in [4.69, 9.17) is 14.2 Å². The molecule has 8 nitrogen and oxygen atoms in total. The van der Waals surface area contributed by atoms with Gasteiger partial charge in [0.2, 0.25) is 0 Å². The number of carbonyl (C=O) groups excluding carboxylic acids is 2. The van der Waals surface area contributed by atoms with Crippen molar-refractivity contribution >= 4 is 17.9 Å². The van der Waals surface area contributed by atoms with Crippen molar-refractivity contribution in [2.45, 2.75) is 206 Å². The zero-order valence-electron chi connectivity index (χ0n) is 44.5. The molecule has 0 aliphatic heterocycles. The first-order chi connectivity index (χ1) is 33.6. The van der Waals surface area contributed by atoms with Gasteiger partial charge in [-0.1, -0.05) is 193 Å². The average molecular weight is 959 g/mol. The molecule has 0 saturated carbocycles. The van der Waals surface area contributed by atoms with Crippen LogP contribution in [0, 0.1) is 0 Å². The Bertz CT molecular complexity index is 1540. The molecule has 8 heteroatoms. The van der Waals surface area contributed by atoms with Crippen LogP contribution in [0.4, 0.5) is 0 Å². The number of unbranched alkanes of at least 4 members (excludes halogenated alkanes) is 13. The van der Waals surface area contributed by atoms with Crippen molar-refractivity contribution in [3.8, 4) is 0 Å². The molecule has 0 aliphatic carbocycles. The summed E-state index contributed by atoms with van der Waals surface area (Å²) in [5.41, 5.74) is 0. The molecule has 0 aliphatic rings. The van der Waals surface area contributed by atoms with E-state index in [1.807, 2.05) is 21.1 Å². The normalized spacial score (nSPS) is 13.8. The molecule has 390 valence electrons. The Morgan fingerprint density at radius 3 is 1.13 bits per heavy atom. The van der Waals surface area contributed by atoms with Crippen molar-refractivity contribution in [1.82, 2.24) is 0 Å². The molecule has 0 amide bonds. The molecule has 69 heavy (non-hydrogen) atoms. The van der Waals surface area contributed by atoms with E-state index in [0.29, 0.717) is 19.3 Å². The maximum Gasteiger partial charge on any atom is 0.362 e. The Labute approximate surface area is 422 Å². The van der Waals surface area contributed by atoms with Crippen molar-refractivity contribution in [1.29, 1.82) is 0 Å². The third kappa shape index (κ3) is 48.5. The van der Waals surface area contributed by atoms with Crippen LogP contribution in [0.15, 0.2) is 122 Å². The lowest BCUT2D eigenvalue weighted by molar-refractivity contribution is -0.887. The number of nitrogens with zero attached hydrogens (tertiary/aromatic N) is 1. The second-order valence-electron chi connectivity index (χ2n) is 18.7. The Hall–Kier alpha value is -4.27. The number of carbonyl (C=O) groups is 3. The number of hydrogen-bond acceptors (Lipinski definition) is 6. The van der Waals surface area contributed by atoms with Gasteiger partial charge in [0.1, 0.15) is 6.61 Å². The third-order valence-corrected chi connectivity index (χ3v) is 11.4. The van der Waals surface area contributed by atoms with E-state index < -0.39 is 18.1 Å². The van der Waals surface area contributed by atoms with Gasteiger partial charge in [0, 0.05) is 19.3 Å². The van der Waals surface area contributed by atoms with E-state index in [9.17, 15) is 19.5 Å². The van der Waals surface area contributed by atoms with Gasteiger partial charge in [0.15, 0.2) is 12.1 Å². The van der Waals surface area contributed by atoms with Crippen LogP contribution in [-0.4, -0.2) is 80.6 Å². The average Bonchev–Trinajstić information content (AvgIpc) is 3.31. The maximum absolute atomic E-state index is 12.8. The highest BCUT2D eigenvalue weighted by Crippen LogP contribution is 2.14. The SMILES string of the molecule is CC/C=C/C/C=C/C/C=C/C/C=C/C/C=C/CCCCCCCCCC(=O)OCC(COCCC(C(=O)O)[N+](C)(C)C)OC(=O)CCCCCCCC/C=C/C/C=C/C/C=C/C/C=C/C/C=C/CC. The molecule has 0 aromatic heterocycles. The first-order valence-electron chi connectivity index (χ1n) is 27.1. The van der Waals surface area contributed by atoms with Gasteiger partial charge in [-0.25, -0.2) is 4.79 Å². The van der Waals surface area contributed by atoms with Crippen molar-refractivity contribution in [3.05, 3.63) is 122 Å². The van der Waals surface area contributed by atoms with Crippen LogP contribution < -0.4 is 0 Å². The van der Waals surface area contributed by atoms with Gasteiger partial charge in [-0.3, -0.25) is 9.59 Å². The van der Waals surface area contributed by atoms with E-state index in [2.05, 4.69) is 135 Å². The minimum absolute atomic E-state index is 0.0431. The first-order valence-corrected chi connectivity index (χ1v) is 27.1. The van der Waals surface area contributed by atoms with Gasteiger partial charge in [-0.2, -0.15) is 0 Å². The van der Waals surface area contributed by atoms with Gasteiger partial charge < -0.3 is 23.8 Å². The van der Waals surface area contributed by atoms with E-state index >= 15 is 0 Å². The standard InChI is InChI=1S/C61H99NO7/c1-6-8-10-12-14-16-18-20-22-24-26-28-30-32-33-35-37-39-41-43-45-47-49-51-59(63)68-56-57(55-67-54-53-58(61(65)66)62(3,4)5)69-60(64)52-50-48-46-44-42-40-38-36-34-31-29-27-25-23-21-19-17-15-13-11-9-7-2/h8-11,14-17,20-23,26-29,32-34,36,57-58H,6-7,12-13,18-19,24-25,30-31,35,37-56H2,1-5H3/p+1/b10-8+,11-9+,16-14+,17-15+,22-20+,23-21+,28-26+,29-27+,33-32+,36-34+. The van der Waals surface area contributed by atoms with Crippen molar-refractivity contribution in [2.75, 3.05) is 41.0 Å². The molecule has 0 fully saturated rings. The fourth-order valence-electron chi connectivity index (χ4n) is 7.26. The summed E-state index contributed by atoms with van der Waals surface area (Å²) in [6.45, 7) is 4.47. The summed E-state index contributed by atoms with van der Waals surface area (Å²) in [4.78, 5) is 37.3. The van der Waals surface area contributed by atoms with Crippen molar-refractivity contribution in [3.63, 3.8) is 0 Å². The van der Waals surface area contributed by atoms with Crippen LogP contribution in [0.3, 0.4) is 0 Å². The van der Waals surface area contributed by atoms with Crippen LogP contribution in [0.25, 0.3) is 0 Å². The minimum Gasteiger partial charge on any atom is -0.477 e. The number of carboxylic acids is 1. The zero-order valence-corrected chi connectivity index (χ0v) is 44.5. The summed E-state index contributed by atoms with van der Waals surface area (Å²) in [6, 6.07) is -0.628. The molecule has 0 aromatic rings. The zero-order chi connectivity index (χ0) is 50.6. The van der Waals surface area contributed by atoms with Crippen LogP contribution >= 0.6 is 0 Å². The number of allylic oxidation sites excluding steroid dienone is 20. The first kappa shape index (κ1) is 64.7. The van der Waals surface area contributed by atoms with Crippen LogP contribution in [0.1, 0.15) is 194 Å². The monoisotopic (exact) mass is 959 g/mol. The second-order valence-corrected chi connectivity index (χ2v) is 18.7. The molecular formula is C61H100NO7+. The smallest absolute Gasteiger partial charge is 0.362 e. The number of aliphatic carboxylic acids is 1. The molecule has 0 rings (SSSR count). The lowest BCUT2D eigenvalue weighted by atomic mass is 10.1. The second kappa shape index (κ2) is 50.1. The van der Waals surface area contributed by atoms with Gasteiger partial charge in [0.25, 0.3) is 0 Å². The van der Waals surface area contributed by atoms with E-state index in [1.165, 1.54) is 38.5 Å². The van der Waals surface area contributed by atoms with E-state index in [0.717, 1.165) is 122 Å². The number of quaternary nitrogens is 1. The van der Waals surface area contributed by atoms with E-state index in [-0.39, 0.29) is 36.2 Å². The highest BCUT2D eigenvalue weighted by atomic mass is 16.6. The highest BCUT2D eigenvalue weighted by Gasteiger charge is 2.31. The molecule has 0 radical (unpaired) electrons. The summed E-state index contributed by atoms with van der Waals surface area (Å²) >= 11 is 0. The maximum atomic E-state index is 12.8. The summed E-state index contributed by atoms with van der Waals surface area (Å²) in [5, 5.41) is 9.67. The lowest BCUT2D eigenvalue weighted by Crippen LogP contribution is -2.50. The predicted octanol–water partition coefficient (Wildman–Crippen LogP) is 16.1. The predicted molar refractivity (Wildman–Crippen MR) is 293 cm³/mol. The van der Waals surface area contributed by atoms with Gasteiger partial charge in [0.05, 0.1) is 34.4 Å². The van der Waals surface area contributed by atoms with Crippen molar-refractivity contribution in [2.24, 2.45) is 0 Å². The number of esters is 2. The van der Waals surface area contributed by atoms with Gasteiger partial charge in [-0.15, -0.1) is 0 Å². The Morgan fingerprint density at radius 1 is 0.435 bits per heavy atom. The molecule has 0 heterocycles. The van der Waals surface area contributed by atoms with E-state index in [1.54, 1.807) is 0 Å². The largest absolute Gasteiger partial charge is 0.477 e. The topological polar surface area (TPSA) is 99.1 Å². The fourth-order valence-corrected chi connectivity index (χ4v) is 7.26. The van der Waals surface area contributed by atoms with Gasteiger partial charge in [-0.05, 0) is 103 Å². The number of ether oxygens (including phenoxy) is 3. The fraction of sp³-hybridized carbons (Fsp3) is 0.623. The van der Waals surface area contributed by atoms with Crippen LogP contribution in [-0.2, 0) is 28.6 Å². The summed E-state index contributed by atoms with van der Waals surface area (Å²) in [6.07, 6.45) is 71.0. The Kier molecular flexibility index (Phi) is 47.0. The van der Waals surface area contributed by atoms with Crippen molar-refractivity contribution < 1.29 is 38.2 Å². The molecule has 0 bridgehead atoms. The Balaban J connectivity index is 4.30. The summed E-state index contributed by atoms with van der Waals surface area (Å²) in [7, 11) is 5.52. The molecular weight excluding hydrogens is 859 g/mol. The molecule has 1 N–H and O–H groups in total. The highest BCUT2D eigenvalue weighted by molar-refractivity contribution is 5.72. The number of likely N-dealkylation sites (N-methyl/N-ethyl adjacent to an activating group) is 1. The summed E-state index contributed by atoms with van der Waals surface area (Å²) < 4.78 is 17.4. The number of hydrogen-bond donors (Lipinski definition) is 1. The molecule has 0 aromatic carbocycles. The minimum atomic E-state index is -0.884. The number of carboxylic acid groups (broad SMARTS) is 1. The molecule has 2 unspecified atom stereocenters. The third-order valence-electron chi connectivity index (χ3n) is 11.4. The van der Waals surface area contributed by atoms with Crippen LogP contribution in [0.2, 0.25) is 0 Å². The van der Waals surface area contributed by atoms with Crippen LogP contribution in [0.5, 0.6) is 0 Å². The summed E-state index contributed by atoms with van der Waals surface area (Å²) in [5.74, 6) is -1.51. The molecule has 2 atom stereocenters. The Morgan fingerprint density at radius 2 is 0.768 bits per heavy atom. The van der Waals surface area contributed by atoms with Gasteiger partial charge >= 0.3 is 17.9 Å². The molecule has 0 saturated heterocycles. The lowest BCUT2D eigenvalue weighted by Gasteiger charge is -2.31. The quantitative estimate of drug-likeness (QED) is 0.0281. The number of rotatable bonds is 47. The molecule has 0 spiro atoms.